The first kappa shape index (κ1) is 12.1. The summed E-state index contributed by atoms with van der Waals surface area (Å²) in [7, 11) is 0. The van der Waals surface area contributed by atoms with Crippen LogP contribution in [0.4, 0.5) is 0 Å². The Hall–Kier alpha value is -0.410. The monoisotopic (exact) mass is 238 g/mol. The lowest BCUT2D eigenvalue weighted by molar-refractivity contribution is 0.360. The summed E-state index contributed by atoms with van der Waals surface area (Å²) >= 11 is 1.86. The Balaban J connectivity index is 2.05. The molecule has 1 atom stereocenters. The van der Waals surface area contributed by atoms with Crippen molar-refractivity contribution in [3.63, 3.8) is 0 Å². The summed E-state index contributed by atoms with van der Waals surface area (Å²) in [5.41, 5.74) is 1.74. The predicted molar refractivity (Wildman–Crippen MR) is 70.1 cm³/mol. The van der Waals surface area contributed by atoms with Crippen molar-refractivity contribution < 1.29 is 0 Å². The number of thiazole rings is 1. The minimum atomic E-state index is 0.531. The summed E-state index contributed by atoms with van der Waals surface area (Å²) in [5, 5.41) is 4.93. The van der Waals surface area contributed by atoms with Crippen LogP contribution in [0.1, 0.15) is 42.3 Å². The molecule has 1 aliphatic carbocycles. The Morgan fingerprint density at radius 3 is 2.56 bits per heavy atom. The molecule has 0 saturated heterocycles. The SMILES string of the molecule is CCNC(Cc1nc(C)c(C)s1)C1(C)CC1. The highest BCUT2D eigenvalue weighted by molar-refractivity contribution is 7.11. The first-order valence-electron chi connectivity index (χ1n) is 6.21. The Kier molecular flexibility index (Phi) is 3.36. The second-order valence-electron chi connectivity index (χ2n) is 5.22. The first-order chi connectivity index (χ1) is 7.55. The third-order valence-corrected chi connectivity index (χ3v) is 4.88. The third-order valence-electron chi connectivity index (χ3n) is 3.78. The molecule has 1 heterocycles. The van der Waals surface area contributed by atoms with Crippen molar-refractivity contribution >= 4 is 11.3 Å². The zero-order valence-corrected chi connectivity index (χ0v) is 11.6. The maximum absolute atomic E-state index is 4.65. The number of nitrogens with one attached hydrogen (secondary N) is 1. The van der Waals surface area contributed by atoms with Gasteiger partial charge in [-0.2, -0.15) is 0 Å². The van der Waals surface area contributed by atoms with Crippen molar-refractivity contribution in [1.82, 2.24) is 10.3 Å². The number of aromatic nitrogens is 1. The maximum atomic E-state index is 4.65. The molecule has 1 aromatic heterocycles. The van der Waals surface area contributed by atoms with Crippen LogP contribution < -0.4 is 5.32 Å². The van der Waals surface area contributed by atoms with Crippen molar-refractivity contribution in [3.05, 3.63) is 15.6 Å². The molecule has 1 aliphatic rings. The van der Waals surface area contributed by atoms with Crippen LogP contribution in [0.5, 0.6) is 0 Å². The molecule has 2 nitrogen and oxygen atoms in total. The molecule has 90 valence electrons. The molecule has 1 aromatic rings. The second kappa shape index (κ2) is 4.46. The number of hydrogen-bond acceptors (Lipinski definition) is 3. The van der Waals surface area contributed by atoms with Gasteiger partial charge in [-0.1, -0.05) is 13.8 Å². The van der Waals surface area contributed by atoms with Gasteiger partial charge in [-0.05, 0) is 38.6 Å². The van der Waals surface area contributed by atoms with Crippen molar-refractivity contribution in [2.45, 2.75) is 53.0 Å². The van der Waals surface area contributed by atoms with Crippen LogP contribution in [-0.4, -0.2) is 17.6 Å². The average Bonchev–Trinajstić information content (AvgIpc) is 2.89. The number of hydrogen-bond donors (Lipinski definition) is 1. The number of nitrogens with zero attached hydrogens (tertiary/aromatic N) is 1. The Morgan fingerprint density at radius 1 is 1.44 bits per heavy atom. The second-order valence-corrected chi connectivity index (χ2v) is 6.51. The van der Waals surface area contributed by atoms with E-state index in [0.29, 0.717) is 11.5 Å². The van der Waals surface area contributed by atoms with Gasteiger partial charge in [-0.25, -0.2) is 4.98 Å². The molecule has 1 unspecified atom stereocenters. The van der Waals surface area contributed by atoms with E-state index < -0.39 is 0 Å². The Bertz CT molecular complexity index is 347. The minimum absolute atomic E-state index is 0.531. The average molecular weight is 238 g/mol. The van der Waals surface area contributed by atoms with Gasteiger partial charge in [-0.3, -0.25) is 0 Å². The van der Waals surface area contributed by atoms with E-state index in [1.807, 2.05) is 11.3 Å². The van der Waals surface area contributed by atoms with Gasteiger partial charge >= 0.3 is 0 Å². The van der Waals surface area contributed by atoms with Crippen LogP contribution in [0.2, 0.25) is 0 Å². The van der Waals surface area contributed by atoms with E-state index in [-0.39, 0.29) is 0 Å². The smallest absolute Gasteiger partial charge is 0.0946 e. The fourth-order valence-corrected chi connectivity index (χ4v) is 3.14. The van der Waals surface area contributed by atoms with Gasteiger partial charge < -0.3 is 5.32 Å². The molecule has 2 rings (SSSR count). The number of likely N-dealkylation sites (N-methyl/N-ethyl adjacent to an activating group) is 1. The molecule has 0 amide bonds. The molecule has 0 radical (unpaired) electrons. The summed E-state index contributed by atoms with van der Waals surface area (Å²) in [4.78, 5) is 6.02. The van der Waals surface area contributed by atoms with Crippen molar-refractivity contribution in [2.75, 3.05) is 6.54 Å². The van der Waals surface area contributed by atoms with E-state index >= 15 is 0 Å². The van der Waals surface area contributed by atoms with Gasteiger partial charge in [0.2, 0.25) is 0 Å². The van der Waals surface area contributed by atoms with Crippen molar-refractivity contribution in [2.24, 2.45) is 5.41 Å². The zero-order chi connectivity index (χ0) is 11.8. The molecule has 0 spiro atoms. The lowest BCUT2D eigenvalue weighted by atomic mass is 9.96. The van der Waals surface area contributed by atoms with E-state index in [9.17, 15) is 0 Å². The Labute approximate surface area is 102 Å². The molecule has 0 aromatic carbocycles. The third kappa shape index (κ3) is 2.46. The van der Waals surface area contributed by atoms with Gasteiger partial charge in [0.25, 0.3) is 0 Å². The van der Waals surface area contributed by atoms with E-state index in [1.165, 1.54) is 28.4 Å². The molecule has 0 bridgehead atoms. The van der Waals surface area contributed by atoms with Gasteiger partial charge in [-0.15, -0.1) is 11.3 Å². The molecule has 1 fully saturated rings. The lowest BCUT2D eigenvalue weighted by Gasteiger charge is -2.23. The molecular formula is C13H22N2S. The molecular weight excluding hydrogens is 216 g/mol. The summed E-state index contributed by atoms with van der Waals surface area (Å²) in [6, 6.07) is 0.613. The predicted octanol–water partition coefficient (Wildman–Crippen LogP) is 3.08. The molecule has 1 N–H and O–H groups in total. The van der Waals surface area contributed by atoms with E-state index in [1.54, 1.807) is 0 Å². The summed E-state index contributed by atoms with van der Waals surface area (Å²) in [5.74, 6) is 0. The highest BCUT2D eigenvalue weighted by atomic mass is 32.1. The first-order valence-corrected chi connectivity index (χ1v) is 7.03. The van der Waals surface area contributed by atoms with Gasteiger partial charge in [0.15, 0.2) is 0 Å². The van der Waals surface area contributed by atoms with Crippen LogP contribution in [0.15, 0.2) is 0 Å². The largest absolute Gasteiger partial charge is 0.313 e. The maximum Gasteiger partial charge on any atom is 0.0946 e. The summed E-state index contributed by atoms with van der Waals surface area (Å²) < 4.78 is 0. The van der Waals surface area contributed by atoms with Crippen molar-refractivity contribution in [1.29, 1.82) is 0 Å². The number of rotatable bonds is 5. The van der Waals surface area contributed by atoms with Crippen LogP contribution in [-0.2, 0) is 6.42 Å². The highest BCUT2D eigenvalue weighted by Crippen LogP contribution is 2.49. The van der Waals surface area contributed by atoms with E-state index in [0.717, 1.165) is 13.0 Å². The standard InChI is InChI=1S/C13H22N2S/c1-5-14-11(13(4)6-7-13)8-12-15-9(2)10(3)16-12/h11,14H,5-8H2,1-4H3. The van der Waals surface area contributed by atoms with Crippen LogP contribution in [0.25, 0.3) is 0 Å². The van der Waals surface area contributed by atoms with Crippen LogP contribution >= 0.6 is 11.3 Å². The van der Waals surface area contributed by atoms with E-state index in [4.69, 9.17) is 0 Å². The van der Waals surface area contributed by atoms with Crippen LogP contribution in [0, 0.1) is 19.3 Å². The topological polar surface area (TPSA) is 24.9 Å². The molecule has 16 heavy (non-hydrogen) atoms. The normalized spacial score (nSPS) is 19.8. The zero-order valence-electron chi connectivity index (χ0n) is 10.8. The highest BCUT2D eigenvalue weighted by Gasteiger charge is 2.44. The fourth-order valence-electron chi connectivity index (χ4n) is 2.16. The Morgan fingerprint density at radius 2 is 2.12 bits per heavy atom. The summed E-state index contributed by atoms with van der Waals surface area (Å²) in [6.07, 6.45) is 3.84. The molecule has 1 saturated carbocycles. The lowest BCUT2D eigenvalue weighted by Crippen LogP contribution is -2.37. The summed E-state index contributed by atoms with van der Waals surface area (Å²) in [6.45, 7) is 9.92. The number of aryl methyl sites for hydroxylation is 2. The molecule has 0 aliphatic heterocycles. The van der Waals surface area contributed by atoms with Crippen LogP contribution in [0.3, 0.4) is 0 Å². The van der Waals surface area contributed by atoms with E-state index in [2.05, 4.69) is 38.0 Å². The van der Waals surface area contributed by atoms with Gasteiger partial charge in [0.05, 0.1) is 10.7 Å². The minimum Gasteiger partial charge on any atom is -0.313 e. The van der Waals surface area contributed by atoms with Gasteiger partial charge in [0.1, 0.15) is 0 Å². The fraction of sp³-hybridized carbons (Fsp3) is 0.769. The van der Waals surface area contributed by atoms with Crippen molar-refractivity contribution in [3.8, 4) is 0 Å². The molecule has 3 heteroatoms. The van der Waals surface area contributed by atoms with Gasteiger partial charge in [0, 0.05) is 17.3 Å². The quantitative estimate of drug-likeness (QED) is 0.852.